The second kappa shape index (κ2) is 4.60. The van der Waals surface area contributed by atoms with Crippen LogP contribution in [0.5, 0.6) is 0 Å². The Hall–Kier alpha value is -1.45. The van der Waals surface area contributed by atoms with Gasteiger partial charge >= 0.3 is 5.97 Å². The van der Waals surface area contributed by atoms with Crippen molar-refractivity contribution in [2.75, 3.05) is 0 Å². The van der Waals surface area contributed by atoms with Crippen molar-refractivity contribution in [2.45, 2.75) is 39.0 Å². The maximum Gasteiger partial charge on any atom is 0.339 e. The van der Waals surface area contributed by atoms with Gasteiger partial charge in [-0.05, 0) is 12.8 Å². The molecule has 4 nitrogen and oxygen atoms in total. The van der Waals surface area contributed by atoms with Crippen LogP contribution in [-0.2, 0) is 6.42 Å². The molecule has 86 valence electrons. The van der Waals surface area contributed by atoms with Crippen LogP contribution in [0.4, 0.5) is 0 Å². The first-order valence-electron chi connectivity index (χ1n) is 5.72. The summed E-state index contributed by atoms with van der Waals surface area (Å²) >= 11 is 0. The molecule has 16 heavy (non-hydrogen) atoms. The molecule has 0 aliphatic heterocycles. The quantitative estimate of drug-likeness (QED) is 0.848. The lowest BCUT2D eigenvalue weighted by atomic mass is 10.0. The maximum absolute atomic E-state index is 10.8. The molecule has 4 heteroatoms. The molecule has 0 bridgehead atoms. The molecular weight excluding hydrogens is 204 g/mol. The Morgan fingerprint density at radius 1 is 1.50 bits per heavy atom. The Balaban J connectivity index is 2.11. The second-order valence-electron chi connectivity index (χ2n) is 4.45. The van der Waals surface area contributed by atoms with Crippen molar-refractivity contribution in [3.63, 3.8) is 0 Å². The molecule has 0 spiro atoms. The predicted molar refractivity (Wildman–Crippen MR) is 59.4 cm³/mol. The van der Waals surface area contributed by atoms with E-state index in [9.17, 15) is 4.79 Å². The summed E-state index contributed by atoms with van der Waals surface area (Å²) in [6, 6.07) is 0. The highest BCUT2D eigenvalue weighted by Gasteiger charge is 2.17. The van der Waals surface area contributed by atoms with Gasteiger partial charge in [-0.2, -0.15) is 0 Å². The number of rotatable bonds is 3. The fourth-order valence-corrected chi connectivity index (χ4v) is 2.30. The average Bonchev–Trinajstić information content (AvgIpc) is 2.70. The summed E-state index contributed by atoms with van der Waals surface area (Å²) in [5.41, 5.74) is 0.769. The van der Waals surface area contributed by atoms with Crippen LogP contribution in [0.15, 0.2) is 6.20 Å². The van der Waals surface area contributed by atoms with Gasteiger partial charge in [0.15, 0.2) is 0 Å². The number of carboxylic acids is 1. The van der Waals surface area contributed by atoms with Gasteiger partial charge in [0, 0.05) is 12.6 Å². The zero-order valence-corrected chi connectivity index (χ0v) is 9.44. The minimum Gasteiger partial charge on any atom is -0.478 e. The Bertz CT molecular complexity index is 398. The molecule has 1 aromatic rings. The number of carboxylic acid groups (broad SMARTS) is 1. The third-order valence-corrected chi connectivity index (χ3v) is 3.21. The molecule has 1 heterocycles. The van der Waals surface area contributed by atoms with Gasteiger partial charge in [-0.1, -0.05) is 25.7 Å². The molecule has 0 saturated heterocycles. The van der Waals surface area contributed by atoms with Gasteiger partial charge in [-0.15, -0.1) is 0 Å². The van der Waals surface area contributed by atoms with E-state index in [1.54, 1.807) is 6.92 Å². The minimum absolute atomic E-state index is 0.204. The molecule has 0 amide bonds. The van der Waals surface area contributed by atoms with E-state index >= 15 is 0 Å². The minimum atomic E-state index is -0.954. The number of carbonyl (C=O) groups is 1. The van der Waals surface area contributed by atoms with Crippen molar-refractivity contribution in [2.24, 2.45) is 5.92 Å². The average molecular weight is 220 g/mol. The number of aromatic carboxylic acids is 1. The number of hydrogen-bond acceptors (Lipinski definition) is 3. The van der Waals surface area contributed by atoms with Crippen molar-refractivity contribution in [3.05, 3.63) is 23.3 Å². The van der Waals surface area contributed by atoms with E-state index in [1.807, 2.05) is 0 Å². The number of aromatic nitrogens is 2. The molecule has 0 unspecified atom stereocenters. The highest BCUT2D eigenvalue weighted by Crippen LogP contribution is 2.27. The predicted octanol–water partition coefficient (Wildman–Crippen LogP) is 2.22. The smallest absolute Gasteiger partial charge is 0.339 e. The van der Waals surface area contributed by atoms with Gasteiger partial charge in [0.05, 0.1) is 11.3 Å². The van der Waals surface area contributed by atoms with Crippen molar-refractivity contribution < 1.29 is 9.90 Å². The summed E-state index contributed by atoms with van der Waals surface area (Å²) in [5, 5.41) is 8.86. The zero-order chi connectivity index (χ0) is 11.5. The van der Waals surface area contributed by atoms with Gasteiger partial charge in [-0.25, -0.2) is 14.8 Å². The van der Waals surface area contributed by atoms with E-state index in [-0.39, 0.29) is 5.56 Å². The lowest BCUT2D eigenvalue weighted by molar-refractivity contribution is 0.0695. The van der Waals surface area contributed by atoms with E-state index in [2.05, 4.69) is 9.97 Å². The van der Waals surface area contributed by atoms with Crippen LogP contribution in [0, 0.1) is 12.8 Å². The first-order valence-corrected chi connectivity index (χ1v) is 5.72. The summed E-state index contributed by atoms with van der Waals surface area (Å²) in [7, 11) is 0. The Morgan fingerprint density at radius 2 is 2.19 bits per heavy atom. The maximum atomic E-state index is 10.8. The van der Waals surface area contributed by atoms with Gasteiger partial charge in [-0.3, -0.25) is 0 Å². The fourth-order valence-electron chi connectivity index (χ4n) is 2.30. The largest absolute Gasteiger partial charge is 0.478 e. The number of aryl methyl sites for hydroxylation is 1. The van der Waals surface area contributed by atoms with Crippen molar-refractivity contribution in [3.8, 4) is 0 Å². The summed E-state index contributed by atoms with van der Waals surface area (Å²) in [4.78, 5) is 19.2. The molecule has 0 atom stereocenters. The van der Waals surface area contributed by atoms with Crippen molar-refractivity contribution in [1.82, 2.24) is 9.97 Å². The Morgan fingerprint density at radius 3 is 2.75 bits per heavy atom. The molecule has 1 N–H and O–H groups in total. The lowest BCUT2D eigenvalue weighted by Crippen LogP contribution is -2.09. The highest BCUT2D eigenvalue weighted by molar-refractivity contribution is 5.88. The lowest BCUT2D eigenvalue weighted by Gasteiger charge is -2.08. The summed E-state index contributed by atoms with van der Waals surface area (Å²) in [6.07, 6.45) is 7.43. The van der Waals surface area contributed by atoms with Gasteiger partial charge < -0.3 is 5.11 Å². The van der Waals surface area contributed by atoms with E-state index in [1.165, 1.54) is 31.9 Å². The normalized spacial score (nSPS) is 16.6. The third-order valence-electron chi connectivity index (χ3n) is 3.21. The van der Waals surface area contributed by atoms with Crippen LogP contribution in [0.1, 0.15) is 47.6 Å². The summed E-state index contributed by atoms with van der Waals surface area (Å²) in [6.45, 7) is 1.73. The summed E-state index contributed by atoms with van der Waals surface area (Å²) < 4.78 is 0. The monoisotopic (exact) mass is 220 g/mol. The first-order chi connectivity index (χ1) is 7.66. The van der Waals surface area contributed by atoms with Crippen LogP contribution in [0.2, 0.25) is 0 Å². The number of hydrogen-bond donors (Lipinski definition) is 1. The van der Waals surface area contributed by atoms with Crippen LogP contribution in [-0.4, -0.2) is 21.0 Å². The van der Waals surface area contributed by atoms with Crippen molar-refractivity contribution in [1.29, 1.82) is 0 Å². The molecule has 1 saturated carbocycles. The van der Waals surface area contributed by atoms with Gasteiger partial charge in [0.1, 0.15) is 5.82 Å². The Labute approximate surface area is 94.7 Å². The molecule has 0 radical (unpaired) electrons. The van der Waals surface area contributed by atoms with Crippen LogP contribution >= 0.6 is 0 Å². The zero-order valence-electron chi connectivity index (χ0n) is 9.44. The second-order valence-corrected chi connectivity index (χ2v) is 4.45. The van der Waals surface area contributed by atoms with Gasteiger partial charge in [0.2, 0.25) is 0 Å². The van der Waals surface area contributed by atoms with E-state index in [4.69, 9.17) is 5.11 Å². The Kier molecular flexibility index (Phi) is 3.17. The van der Waals surface area contributed by atoms with E-state index < -0.39 is 5.97 Å². The molecule has 1 aliphatic rings. The van der Waals surface area contributed by atoms with E-state index in [0.717, 1.165) is 12.2 Å². The fraction of sp³-hybridized carbons (Fsp3) is 0.583. The summed E-state index contributed by atoms with van der Waals surface area (Å²) in [5.74, 6) is 0.523. The van der Waals surface area contributed by atoms with Crippen LogP contribution < -0.4 is 0 Å². The molecule has 1 aliphatic carbocycles. The topological polar surface area (TPSA) is 63.1 Å². The number of nitrogens with zero attached hydrogens (tertiary/aromatic N) is 2. The van der Waals surface area contributed by atoms with Crippen LogP contribution in [0.3, 0.4) is 0 Å². The molecule has 1 fully saturated rings. The SMILES string of the molecule is Cc1nc(CC2CCCC2)ncc1C(=O)O. The van der Waals surface area contributed by atoms with E-state index in [0.29, 0.717) is 11.6 Å². The molecule has 2 rings (SSSR count). The molecular formula is C12H16N2O2. The first kappa shape index (κ1) is 11.0. The van der Waals surface area contributed by atoms with Crippen molar-refractivity contribution >= 4 is 5.97 Å². The highest BCUT2D eigenvalue weighted by atomic mass is 16.4. The van der Waals surface area contributed by atoms with Gasteiger partial charge in [0.25, 0.3) is 0 Å². The standard InChI is InChI=1S/C12H16N2O2/c1-8-10(12(15)16)7-13-11(14-8)6-9-4-2-3-5-9/h7,9H,2-6H2,1H3,(H,15,16). The van der Waals surface area contributed by atoms with Crippen LogP contribution in [0.25, 0.3) is 0 Å². The third kappa shape index (κ3) is 2.38. The molecule has 0 aromatic carbocycles. The molecule has 1 aromatic heterocycles.